The topological polar surface area (TPSA) is 56.8 Å². The maximum Gasteiger partial charge on any atom is 0.251 e. The molecule has 0 bridgehead atoms. The van der Waals surface area contributed by atoms with Gasteiger partial charge in [-0.2, -0.15) is 0 Å². The molecule has 2 aromatic carbocycles. The normalized spacial score (nSPS) is 10.2. The number of hydrogen-bond acceptors (Lipinski definition) is 4. The Bertz CT molecular complexity index is 716. The lowest BCUT2D eigenvalue weighted by atomic mass is 10.1. The number of carbonyl (C=O) groups is 1. The van der Waals surface area contributed by atoms with Gasteiger partial charge in [-0.3, -0.25) is 4.79 Å². The van der Waals surface area contributed by atoms with Crippen LogP contribution in [0.5, 0.6) is 17.2 Å². The van der Waals surface area contributed by atoms with Crippen LogP contribution in [-0.2, 0) is 6.42 Å². The highest BCUT2D eigenvalue weighted by Crippen LogP contribution is 2.36. The first kappa shape index (κ1) is 18.9. The lowest BCUT2D eigenvalue weighted by Crippen LogP contribution is -2.25. The van der Waals surface area contributed by atoms with Crippen molar-refractivity contribution in [1.82, 2.24) is 5.32 Å². The van der Waals surface area contributed by atoms with Gasteiger partial charge in [0.05, 0.1) is 25.8 Å². The van der Waals surface area contributed by atoms with Crippen molar-refractivity contribution in [2.24, 2.45) is 0 Å². The van der Waals surface area contributed by atoms with Gasteiger partial charge in [0.2, 0.25) is 0 Å². The molecule has 1 N–H and O–H groups in total. The highest BCUT2D eigenvalue weighted by atomic mass is 35.5. The third kappa shape index (κ3) is 5.03. The molecule has 0 aliphatic rings. The molecule has 2 aromatic rings. The van der Waals surface area contributed by atoms with Crippen LogP contribution in [0.4, 0.5) is 0 Å². The standard InChI is InChI=1S/C19H22ClNO4/c1-4-25-18-16(20)11-14(12-17(18)24-3)19(22)21-10-9-13-5-7-15(23-2)8-6-13/h5-8,11-12H,4,9-10H2,1-3H3,(H,21,22). The van der Waals surface area contributed by atoms with Crippen molar-refractivity contribution in [1.29, 1.82) is 0 Å². The van der Waals surface area contributed by atoms with Crippen molar-refractivity contribution in [3.63, 3.8) is 0 Å². The zero-order chi connectivity index (χ0) is 18.2. The summed E-state index contributed by atoms with van der Waals surface area (Å²) in [7, 11) is 3.14. The first-order valence-corrected chi connectivity index (χ1v) is 8.38. The first-order chi connectivity index (χ1) is 12.1. The molecular formula is C19H22ClNO4. The number of halogens is 1. The summed E-state index contributed by atoms with van der Waals surface area (Å²) in [5, 5.41) is 3.23. The van der Waals surface area contributed by atoms with Gasteiger partial charge < -0.3 is 19.5 Å². The van der Waals surface area contributed by atoms with E-state index in [0.717, 1.165) is 17.7 Å². The van der Waals surface area contributed by atoms with Crippen molar-refractivity contribution in [2.75, 3.05) is 27.4 Å². The molecule has 5 nitrogen and oxygen atoms in total. The van der Waals surface area contributed by atoms with Gasteiger partial charge in [0.1, 0.15) is 5.75 Å². The smallest absolute Gasteiger partial charge is 0.251 e. The summed E-state index contributed by atoms with van der Waals surface area (Å²) >= 11 is 6.20. The van der Waals surface area contributed by atoms with Gasteiger partial charge in [-0.1, -0.05) is 23.7 Å². The van der Waals surface area contributed by atoms with Crippen LogP contribution in [0.2, 0.25) is 5.02 Å². The molecule has 0 unspecified atom stereocenters. The fourth-order valence-corrected chi connectivity index (χ4v) is 2.62. The van der Waals surface area contributed by atoms with Crippen LogP contribution >= 0.6 is 11.6 Å². The first-order valence-electron chi connectivity index (χ1n) is 8.00. The van der Waals surface area contributed by atoms with Gasteiger partial charge in [-0.05, 0) is 43.2 Å². The maximum absolute atomic E-state index is 12.3. The minimum atomic E-state index is -0.211. The Kier molecular flexibility index (Phi) is 6.95. The molecule has 6 heteroatoms. The van der Waals surface area contributed by atoms with E-state index in [1.54, 1.807) is 19.2 Å². The third-order valence-electron chi connectivity index (χ3n) is 3.64. The molecule has 0 atom stereocenters. The van der Waals surface area contributed by atoms with E-state index in [2.05, 4.69) is 5.32 Å². The Balaban J connectivity index is 1.99. The Morgan fingerprint density at radius 2 is 1.84 bits per heavy atom. The molecule has 0 aliphatic carbocycles. The highest BCUT2D eigenvalue weighted by molar-refractivity contribution is 6.32. The summed E-state index contributed by atoms with van der Waals surface area (Å²) in [5.74, 6) is 1.48. The average molecular weight is 364 g/mol. The molecule has 25 heavy (non-hydrogen) atoms. The number of amides is 1. The van der Waals surface area contributed by atoms with E-state index in [1.807, 2.05) is 31.2 Å². The van der Waals surface area contributed by atoms with Crippen LogP contribution < -0.4 is 19.5 Å². The monoisotopic (exact) mass is 363 g/mol. The zero-order valence-electron chi connectivity index (χ0n) is 14.6. The van der Waals surface area contributed by atoms with Gasteiger partial charge in [-0.25, -0.2) is 0 Å². The molecule has 1 amide bonds. The maximum atomic E-state index is 12.3. The Morgan fingerprint density at radius 1 is 1.12 bits per heavy atom. The van der Waals surface area contributed by atoms with E-state index < -0.39 is 0 Å². The van der Waals surface area contributed by atoms with Crippen LogP contribution in [0.1, 0.15) is 22.8 Å². The quantitative estimate of drug-likeness (QED) is 0.776. The molecule has 0 aromatic heterocycles. The Morgan fingerprint density at radius 3 is 2.44 bits per heavy atom. The Hall–Kier alpha value is -2.40. The highest BCUT2D eigenvalue weighted by Gasteiger charge is 2.15. The number of rotatable bonds is 8. The SMILES string of the molecule is CCOc1c(Cl)cc(C(=O)NCCc2ccc(OC)cc2)cc1OC. The van der Waals surface area contributed by atoms with E-state index in [9.17, 15) is 4.79 Å². The second kappa shape index (κ2) is 9.18. The molecular weight excluding hydrogens is 342 g/mol. The number of carbonyl (C=O) groups excluding carboxylic acids is 1. The number of hydrogen-bond donors (Lipinski definition) is 1. The molecule has 2 rings (SSSR count). The number of benzene rings is 2. The van der Waals surface area contributed by atoms with Gasteiger partial charge in [0.15, 0.2) is 11.5 Å². The second-order valence-electron chi connectivity index (χ2n) is 5.28. The third-order valence-corrected chi connectivity index (χ3v) is 3.92. The van der Waals surface area contributed by atoms with Gasteiger partial charge in [0.25, 0.3) is 5.91 Å². The van der Waals surface area contributed by atoms with Crippen LogP contribution in [0.25, 0.3) is 0 Å². The van der Waals surface area contributed by atoms with Crippen LogP contribution in [-0.4, -0.2) is 33.3 Å². The van der Waals surface area contributed by atoms with Crippen molar-refractivity contribution in [2.45, 2.75) is 13.3 Å². The van der Waals surface area contributed by atoms with Crippen molar-refractivity contribution < 1.29 is 19.0 Å². The largest absolute Gasteiger partial charge is 0.497 e. The van der Waals surface area contributed by atoms with Crippen LogP contribution in [0, 0.1) is 0 Å². The summed E-state index contributed by atoms with van der Waals surface area (Å²) in [4.78, 5) is 12.3. The molecule has 0 aliphatic heterocycles. The summed E-state index contributed by atoms with van der Waals surface area (Å²) < 4.78 is 15.8. The molecule has 134 valence electrons. The minimum absolute atomic E-state index is 0.211. The van der Waals surface area contributed by atoms with E-state index in [-0.39, 0.29) is 5.91 Å². The molecule has 0 fully saturated rings. The molecule has 0 saturated heterocycles. The van der Waals surface area contributed by atoms with Crippen molar-refractivity contribution in [3.05, 3.63) is 52.5 Å². The molecule has 0 radical (unpaired) electrons. The Labute approximate surface area is 152 Å². The average Bonchev–Trinajstić information content (AvgIpc) is 2.63. The number of nitrogens with one attached hydrogen (secondary N) is 1. The van der Waals surface area contributed by atoms with E-state index in [1.165, 1.54) is 7.11 Å². The predicted molar refractivity (Wildman–Crippen MR) is 98.2 cm³/mol. The number of ether oxygens (including phenoxy) is 3. The minimum Gasteiger partial charge on any atom is -0.497 e. The summed E-state index contributed by atoms with van der Waals surface area (Å²) in [6.07, 6.45) is 0.720. The summed E-state index contributed by atoms with van der Waals surface area (Å²) in [5.41, 5.74) is 1.54. The molecule has 0 saturated carbocycles. The fourth-order valence-electron chi connectivity index (χ4n) is 2.35. The van der Waals surface area contributed by atoms with Crippen LogP contribution in [0.3, 0.4) is 0 Å². The lowest BCUT2D eigenvalue weighted by molar-refractivity contribution is 0.0953. The summed E-state index contributed by atoms with van der Waals surface area (Å²) in [6, 6.07) is 10.9. The second-order valence-corrected chi connectivity index (χ2v) is 5.68. The molecule has 0 spiro atoms. The predicted octanol–water partition coefficient (Wildman–Crippen LogP) is 3.73. The zero-order valence-corrected chi connectivity index (χ0v) is 15.4. The van der Waals surface area contributed by atoms with E-state index in [0.29, 0.717) is 35.2 Å². The summed E-state index contributed by atoms with van der Waals surface area (Å²) in [6.45, 7) is 2.83. The van der Waals surface area contributed by atoms with Gasteiger partial charge in [0, 0.05) is 12.1 Å². The van der Waals surface area contributed by atoms with Crippen molar-refractivity contribution in [3.8, 4) is 17.2 Å². The van der Waals surface area contributed by atoms with E-state index >= 15 is 0 Å². The lowest BCUT2D eigenvalue weighted by Gasteiger charge is -2.13. The van der Waals surface area contributed by atoms with Crippen LogP contribution in [0.15, 0.2) is 36.4 Å². The number of methoxy groups -OCH3 is 2. The molecule has 0 heterocycles. The van der Waals surface area contributed by atoms with Gasteiger partial charge >= 0.3 is 0 Å². The fraction of sp³-hybridized carbons (Fsp3) is 0.316. The van der Waals surface area contributed by atoms with Gasteiger partial charge in [-0.15, -0.1) is 0 Å². The van der Waals surface area contributed by atoms with E-state index in [4.69, 9.17) is 25.8 Å². The van der Waals surface area contributed by atoms with Crippen molar-refractivity contribution >= 4 is 17.5 Å².